The SMILES string of the molecule is CC(C)C.CC(C)C.CC(C)C.CC(C)C.CC(C)C.CC(C)C.CC(C)C.c1ccc2c(c1)CCCN2.c1ccc2c(c1)CCCN2.c1ccc2c(c1)CCCO2.c1ccc2c(c1)CCN2.c1ccc2c(c1)NCN2.c1ccc2c(c1)OCCCO2.c1ccc2c(c1)OCO2. The lowest BCUT2D eigenvalue weighted by atomic mass is 10.0. The van der Waals surface area contributed by atoms with Gasteiger partial charge in [0.25, 0.3) is 0 Å². The van der Waals surface area contributed by atoms with Gasteiger partial charge in [-0.05, 0) is 169 Å². The van der Waals surface area contributed by atoms with Gasteiger partial charge in [-0.3, -0.25) is 0 Å². The van der Waals surface area contributed by atoms with Gasteiger partial charge in [-0.15, -0.1) is 0 Å². The minimum Gasteiger partial charge on any atom is -0.493 e. The molecule has 0 amide bonds. The molecule has 10 heteroatoms. The molecule has 0 bridgehead atoms. The maximum atomic E-state index is 5.42. The molecule has 14 rings (SSSR count). The van der Waals surface area contributed by atoms with Gasteiger partial charge in [0.1, 0.15) is 5.75 Å². The third-order valence-corrected chi connectivity index (χ3v) is 11.9. The summed E-state index contributed by atoms with van der Waals surface area (Å²) in [5, 5.41) is 16.4. The molecule has 10 nitrogen and oxygen atoms in total. The van der Waals surface area contributed by atoms with Crippen LogP contribution in [0.3, 0.4) is 0 Å². The van der Waals surface area contributed by atoms with Crippen molar-refractivity contribution in [2.24, 2.45) is 41.4 Å². The predicted molar refractivity (Wildman–Crippen MR) is 422 cm³/mol. The molecule has 534 valence electrons. The van der Waals surface area contributed by atoms with Gasteiger partial charge in [-0.1, -0.05) is 255 Å². The summed E-state index contributed by atoms with van der Waals surface area (Å²) in [5.41, 5.74) is 12.1. The maximum absolute atomic E-state index is 5.42. The van der Waals surface area contributed by atoms with E-state index < -0.39 is 0 Å². The van der Waals surface area contributed by atoms with Crippen LogP contribution in [0.1, 0.15) is 193 Å². The third-order valence-electron chi connectivity index (χ3n) is 11.9. The Morgan fingerprint density at radius 3 is 0.823 bits per heavy atom. The molecule has 7 aromatic carbocycles. The molecule has 7 heterocycles. The van der Waals surface area contributed by atoms with Crippen molar-refractivity contribution < 1.29 is 23.7 Å². The number of fused-ring (bicyclic) bond motifs is 7. The van der Waals surface area contributed by atoms with Gasteiger partial charge in [0.05, 0.1) is 37.9 Å². The Morgan fingerprint density at radius 1 is 0.229 bits per heavy atom. The van der Waals surface area contributed by atoms with Gasteiger partial charge < -0.3 is 50.3 Å². The normalized spacial score (nSPS) is 13.2. The number of benzene rings is 7. The minimum atomic E-state index is 0.360. The van der Waals surface area contributed by atoms with Crippen LogP contribution in [-0.2, 0) is 25.7 Å². The number of hydrogen-bond acceptors (Lipinski definition) is 10. The fourth-order valence-electron chi connectivity index (χ4n) is 8.35. The molecule has 7 aromatic rings. The highest BCUT2D eigenvalue weighted by Gasteiger charge is 2.12. The number of ether oxygens (including phenoxy) is 5. The Morgan fingerprint density at radius 2 is 0.479 bits per heavy atom. The molecule has 0 aromatic heterocycles. The van der Waals surface area contributed by atoms with Crippen molar-refractivity contribution in [3.8, 4) is 28.7 Å². The van der Waals surface area contributed by atoms with E-state index in [1.807, 2.05) is 72.8 Å². The van der Waals surface area contributed by atoms with Crippen LogP contribution < -0.4 is 50.3 Å². The maximum Gasteiger partial charge on any atom is 0.231 e. The van der Waals surface area contributed by atoms with E-state index in [-0.39, 0.29) is 0 Å². The molecule has 0 saturated carbocycles. The van der Waals surface area contributed by atoms with E-state index >= 15 is 0 Å². The average Bonchev–Trinajstić information content (AvgIpc) is 1.82. The molecule has 0 fully saturated rings. The molecule has 0 aliphatic carbocycles. The van der Waals surface area contributed by atoms with Gasteiger partial charge in [0, 0.05) is 43.1 Å². The molecular formula is C86H135N5O5. The van der Waals surface area contributed by atoms with E-state index in [9.17, 15) is 0 Å². The number of aryl methyl sites for hydroxylation is 3. The summed E-state index contributed by atoms with van der Waals surface area (Å²) in [5.74, 6) is 10.3. The first-order chi connectivity index (χ1) is 45.9. The average molecular weight is 1320 g/mol. The van der Waals surface area contributed by atoms with E-state index in [0.717, 1.165) is 129 Å². The quantitative estimate of drug-likeness (QED) is 0.101. The summed E-state index contributed by atoms with van der Waals surface area (Å²) in [6.45, 7) is 52.5. The summed E-state index contributed by atoms with van der Waals surface area (Å²) in [6.07, 6.45) is 9.53. The topological polar surface area (TPSA) is 106 Å². The fourth-order valence-corrected chi connectivity index (χ4v) is 8.35. The van der Waals surface area contributed by atoms with E-state index in [1.165, 1.54) is 89.2 Å². The lowest BCUT2D eigenvalue weighted by Gasteiger charge is -2.16. The monoisotopic (exact) mass is 1320 g/mol. The predicted octanol–water partition coefficient (Wildman–Crippen LogP) is 24.1. The summed E-state index contributed by atoms with van der Waals surface area (Å²) in [6, 6.07) is 57.3. The van der Waals surface area contributed by atoms with Crippen LogP contribution in [0.2, 0.25) is 0 Å². The highest BCUT2D eigenvalue weighted by atomic mass is 16.7. The highest BCUT2D eigenvalue weighted by molar-refractivity contribution is 5.72. The number of nitrogens with one attached hydrogen (secondary N) is 5. The van der Waals surface area contributed by atoms with Gasteiger partial charge in [-0.25, -0.2) is 0 Å². The summed E-state index contributed by atoms with van der Waals surface area (Å²) in [7, 11) is 0. The second kappa shape index (κ2) is 54.6. The Balaban J connectivity index is 0.000000527. The van der Waals surface area contributed by atoms with Crippen molar-refractivity contribution in [1.29, 1.82) is 0 Å². The fraction of sp³-hybridized carbons (Fsp3) is 0.512. The van der Waals surface area contributed by atoms with Crippen LogP contribution in [0.15, 0.2) is 170 Å². The van der Waals surface area contributed by atoms with Crippen molar-refractivity contribution in [3.05, 3.63) is 192 Å². The van der Waals surface area contributed by atoms with Gasteiger partial charge in [0.2, 0.25) is 6.79 Å². The largest absolute Gasteiger partial charge is 0.493 e. The zero-order chi connectivity index (χ0) is 71.3. The molecular weight excluding hydrogens is 1180 g/mol. The smallest absolute Gasteiger partial charge is 0.231 e. The Hall–Kier alpha value is -7.46. The molecule has 0 spiro atoms. The van der Waals surface area contributed by atoms with E-state index in [1.54, 1.807) is 0 Å². The summed E-state index contributed by atoms with van der Waals surface area (Å²) < 4.78 is 26.4. The first kappa shape index (κ1) is 86.6. The van der Waals surface area contributed by atoms with Crippen LogP contribution in [-0.4, -0.2) is 52.9 Å². The van der Waals surface area contributed by atoms with Crippen LogP contribution in [0.25, 0.3) is 0 Å². The van der Waals surface area contributed by atoms with E-state index in [2.05, 4.69) is 269 Å². The first-order valence-electron chi connectivity index (χ1n) is 36.3. The lowest BCUT2D eigenvalue weighted by Crippen LogP contribution is -2.10. The van der Waals surface area contributed by atoms with Crippen LogP contribution in [0.5, 0.6) is 28.7 Å². The molecule has 0 radical (unpaired) electrons. The Kier molecular flexibility index (Phi) is 49.3. The lowest BCUT2D eigenvalue weighted by molar-refractivity contribution is 0.174. The van der Waals surface area contributed by atoms with E-state index in [4.69, 9.17) is 23.7 Å². The highest BCUT2D eigenvalue weighted by Crippen LogP contribution is 2.31. The molecule has 96 heavy (non-hydrogen) atoms. The van der Waals surface area contributed by atoms with Crippen molar-refractivity contribution in [3.63, 3.8) is 0 Å². The van der Waals surface area contributed by atoms with Gasteiger partial charge in [0.15, 0.2) is 23.0 Å². The van der Waals surface area contributed by atoms with Crippen molar-refractivity contribution >= 4 is 28.4 Å². The molecule has 5 N–H and O–H groups in total. The van der Waals surface area contributed by atoms with Crippen LogP contribution in [0.4, 0.5) is 28.4 Å². The van der Waals surface area contributed by atoms with Gasteiger partial charge in [-0.2, -0.15) is 0 Å². The third kappa shape index (κ3) is 46.6. The van der Waals surface area contributed by atoms with Crippen LogP contribution >= 0.6 is 0 Å². The van der Waals surface area contributed by atoms with Crippen LogP contribution in [0, 0.1) is 41.4 Å². The molecule has 7 aliphatic rings. The number of para-hydroxylation sites is 10. The van der Waals surface area contributed by atoms with Crippen molar-refractivity contribution in [2.45, 2.75) is 197 Å². The first-order valence-corrected chi connectivity index (χ1v) is 36.3. The Labute approximate surface area is 587 Å². The number of anilines is 5. The summed E-state index contributed by atoms with van der Waals surface area (Å²) >= 11 is 0. The summed E-state index contributed by atoms with van der Waals surface area (Å²) in [4.78, 5) is 0. The van der Waals surface area contributed by atoms with E-state index in [0.29, 0.717) is 6.79 Å². The van der Waals surface area contributed by atoms with Gasteiger partial charge >= 0.3 is 0 Å². The zero-order valence-corrected chi connectivity index (χ0v) is 64.1. The number of hydrogen-bond donors (Lipinski definition) is 5. The van der Waals surface area contributed by atoms with Crippen molar-refractivity contribution in [2.75, 3.05) is 79.5 Å². The second-order valence-corrected chi connectivity index (χ2v) is 28.8. The molecule has 0 saturated heterocycles. The molecule has 0 atom stereocenters. The second-order valence-electron chi connectivity index (χ2n) is 28.8. The Bertz CT molecular complexity index is 2490. The molecule has 7 aliphatic heterocycles. The zero-order valence-electron chi connectivity index (χ0n) is 64.1. The standard InChI is InChI=1S/2C9H11N.C9H10O2.C9H10O.C8H9N.C7H8N2.C7H6O2.7C4H10/c2*1-2-6-9-8(4-1)5-3-7-10-9;1-2-5-9-8(4-1)10-6-3-7-11-9;1-2-6-9-8(4-1)5-3-7-10-9;1-2-4-8-7(3-1)5-6-9-8;2*1-2-4-7-6(3-1)8-5-9-7;7*1-4(2)3/h2*1-2,4,6,10H,3,5,7H2;1-2,4-5H,3,6-7H2;1-2,4,6H,3,5,7H2;1-4,9H,5-6H2;1-4,8-9H,5H2;1-4H,5H2;7*4H,1-3H3. The number of rotatable bonds is 0. The molecule has 0 unspecified atom stereocenters. The minimum absolute atomic E-state index is 0.360. The van der Waals surface area contributed by atoms with Crippen molar-refractivity contribution in [1.82, 2.24) is 0 Å².